The molecular weight excluding hydrogens is 160 g/mol. The lowest BCUT2D eigenvalue weighted by molar-refractivity contribution is 0.0932. The lowest BCUT2D eigenvalue weighted by Gasteiger charge is -2.18. The van der Waals surface area contributed by atoms with E-state index in [1.807, 2.05) is 0 Å². The lowest BCUT2D eigenvalue weighted by Crippen LogP contribution is -2.14. The van der Waals surface area contributed by atoms with Gasteiger partial charge in [-0.05, 0) is 18.4 Å². The Bertz CT molecular complexity index is 249. The molecule has 0 unspecified atom stereocenters. The van der Waals surface area contributed by atoms with Gasteiger partial charge < -0.3 is 4.74 Å². The van der Waals surface area contributed by atoms with Gasteiger partial charge in [0.25, 0.3) is 0 Å². The maximum Gasteiger partial charge on any atom is 0.0641 e. The summed E-state index contributed by atoms with van der Waals surface area (Å²) in [5.74, 6) is 0.545. The quantitative estimate of drug-likeness (QED) is 0.673. The van der Waals surface area contributed by atoms with Gasteiger partial charge in [0.1, 0.15) is 0 Å². The molecule has 1 aromatic carbocycles. The zero-order valence-electron chi connectivity index (χ0n) is 8.07. The SMILES string of the molecule is C[C@H](c1ccccc1)[C@@H]1CCCO1. The summed E-state index contributed by atoms with van der Waals surface area (Å²) in [6.45, 7) is 3.20. The van der Waals surface area contributed by atoms with Gasteiger partial charge in [-0.3, -0.25) is 0 Å². The number of benzene rings is 1. The van der Waals surface area contributed by atoms with Crippen LogP contribution in [0.5, 0.6) is 0 Å². The third kappa shape index (κ3) is 1.92. The van der Waals surface area contributed by atoms with Gasteiger partial charge in [0.05, 0.1) is 6.10 Å². The van der Waals surface area contributed by atoms with Crippen molar-refractivity contribution in [1.29, 1.82) is 0 Å². The van der Waals surface area contributed by atoms with Gasteiger partial charge in [0.2, 0.25) is 0 Å². The van der Waals surface area contributed by atoms with Gasteiger partial charge in [-0.15, -0.1) is 0 Å². The van der Waals surface area contributed by atoms with E-state index < -0.39 is 0 Å². The molecule has 1 aliphatic rings. The molecule has 70 valence electrons. The van der Waals surface area contributed by atoms with E-state index in [1.165, 1.54) is 18.4 Å². The largest absolute Gasteiger partial charge is 0.378 e. The van der Waals surface area contributed by atoms with Crippen molar-refractivity contribution >= 4 is 0 Å². The van der Waals surface area contributed by atoms with E-state index in [0.717, 1.165) is 6.61 Å². The topological polar surface area (TPSA) is 9.23 Å². The van der Waals surface area contributed by atoms with Crippen molar-refractivity contribution in [2.24, 2.45) is 0 Å². The second-order valence-electron chi connectivity index (χ2n) is 3.75. The molecule has 1 fully saturated rings. The van der Waals surface area contributed by atoms with Gasteiger partial charge in [-0.25, -0.2) is 0 Å². The first-order chi connectivity index (χ1) is 6.38. The van der Waals surface area contributed by atoms with Crippen molar-refractivity contribution in [3.8, 4) is 0 Å². The van der Waals surface area contributed by atoms with Crippen LogP contribution in [0, 0.1) is 0 Å². The maximum absolute atomic E-state index is 5.67. The molecule has 0 amide bonds. The van der Waals surface area contributed by atoms with Gasteiger partial charge in [-0.2, -0.15) is 0 Å². The van der Waals surface area contributed by atoms with Crippen LogP contribution in [0.25, 0.3) is 0 Å². The van der Waals surface area contributed by atoms with E-state index in [4.69, 9.17) is 4.74 Å². The Morgan fingerprint density at radius 1 is 1.31 bits per heavy atom. The Morgan fingerprint density at radius 2 is 2.08 bits per heavy atom. The standard InChI is InChI=1S/C12H16O/c1-10(12-8-5-9-13-12)11-6-3-2-4-7-11/h2-4,6-7,10,12H,5,8-9H2,1H3/t10-,12+/m1/s1. The number of ether oxygens (including phenoxy) is 1. The van der Waals surface area contributed by atoms with Crippen LogP contribution in [0.15, 0.2) is 30.3 Å². The summed E-state index contributed by atoms with van der Waals surface area (Å²) in [4.78, 5) is 0. The van der Waals surface area contributed by atoms with E-state index in [1.54, 1.807) is 0 Å². The fourth-order valence-electron chi connectivity index (χ4n) is 1.97. The predicted octanol–water partition coefficient (Wildman–Crippen LogP) is 2.97. The third-order valence-corrected chi connectivity index (χ3v) is 2.85. The van der Waals surface area contributed by atoms with Crippen LogP contribution in [-0.2, 0) is 4.74 Å². The second kappa shape index (κ2) is 3.93. The number of hydrogen-bond acceptors (Lipinski definition) is 1. The normalized spacial score (nSPS) is 24.5. The Hall–Kier alpha value is -0.820. The van der Waals surface area contributed by atoms with E-state index >= 15 is 0 Å². The van der Waals surface area contributed by atoms with Gasteiger partial charge in [0, 0.05) is 12.5 Å². The molecule has 0 radical (unpaired) electrons. The van der Waals surface area contributed by atoms with E-state index in [-0.39, 0.29) is 0 Å². The highest BCUT2D eigenvalue weighted by molar-refractivity contribution is 5.20. The van der Waals surface area contributed by atoms with Crippen LogP contribution in [-0.4, -0.2) is 12.7 Å². The maximum atomic E-state index is 5.67. The monoisotopic (exact) mass is 176 g/mol. The van der Waals surface area contributed by atoms with Crippen LogP contribution in [0.1, 0.15) is 31.2 Å². The van der Waals surface area contributed by atoms with Crippen LogP contribution < -0.4 is 0 Å². The molecule has 0 aliphatic carbocycles. The molecule has 1 aliphatic heterocycles. The molecule has 1 saturated heterocycles. The fourth-order valence-corrected chi connectivity index (χ4v) is 1.97. The van der Waals surface area contributed by atoms with Crippen LogP contribution in [0.3, 0.4) is 0 Å². The van der Waals surface area contributed by atoms with Gasteiger partial charge in [0.15, 0.2) is 0 Å². The molecule has 0 saturated carbocycles. The molecule has 13 heavy (non-hydrogen) atoms. The van der Waals surface area contributed by atoms with Crippen molar-refractivity contribution < 1.29 is 4.74 Å². The molecule has 0 N–H and O–H groups in total. The first-order valence-electron chi connectivity index (χ1n) is 5.04. The van der Waals surface area contributed by atoms with Crippen LogP contribution in [0.2, 0.25) is 0 Å². The molecule has 1 heteroatoms. The summed E-state index contributed by atoms with van der Waals surface area (Å²) in [7, 11) is 0. The molecule has 2 rings (SSSR count). The minimum Gasteiger partial charge on any atom is -0.378 e. The van der Waals surface area contributed by atoms with Gasteiger partial charge in [-0.1, -0.05) is 37.3 Å². The first-order valence-corrected chi connectivity index (χ1v) is 5.04. The first kappa shape index (κ1) is 8.76. The summed E-state index contributed by atoms with van der Waals surface area (Å²) in [5.41, 5.74) is 1.40. The van der Waals surface area contributed by atoms with Crippen molar-refractivity contribution in [3.05, 3.63) is 35.9 Å². The van der Waals surface area contributed by atoms with E-state index in [0.29, 0.717) is 12.0 Å². The molecule has 1 aromatic rings. The smallest absolute Gasteiger partial charge is 0.0641 e. The summed E-state index contributed by atoms with van der Waals surface area (Å²) >= 11 is 0. The molecule has 2 atom stereocenters. The molecule has 0 spiro atoms. The molecule has 1 heterocycles. The Balaban J connectivity index is 2.08. The van der Waals surface area contributed by atoms with E-state index in [9.17, 15) is 0 Å². The highest BCUT2D eigenvalue weighted by Gasteiger charge is 2.22. The fraction of sp³-hybridized carbons (Fsp3) is 0.500. The molecule has 1 nitrogen and oxygen atoms in total. The van der Waals surface area contributed by atoms with Crippen LogP contribution in [0.4, 0.5) is 0 Å². The van der Waals surface area contributed by atoms with Crippen molar-refractivity contribution in [3.63, 3.8) is 0 Å². The summed E-state index contributed by atoms with van der Waals surface area (Å²) < 4.78 is 5.67. The Kier molecular flexibility index (Phi) is 2.65. The number of rotatable bonds is 2. The summed E-state index contributed by atoms with van der Waals surface area (Å²) in [5, 5.41) is 0. The van der Waals surface area contributed by atoms with Crippen molar-refractivity contribution in [1.82, 2.24) is 0 Å². The average Bonchev–Trinajstić information content (AvgIpc) is 2.71. The van der Waals surface area contributed by atoms with Crippen molar-refractivity contribution in [2.75, 3.05) is 6.61 Å². The predicted molar refractivity (Wildman–Crippen MR) is 53.8 cm³/mol. The minimum absolute atomic E-state index is 0.447. The lowest BCUT2D eigenvalue weighted by atomic mass is 9.94. The minimum atomic E-state index is 0.447. The Labute approximate surface area is 79.7 Å². The zero-order valence-corrected chi connectivity index (χ0v) is 8.07. The van der Waals surface area contributed by atoms with Gasteiger partial charge >= 0.3 is 0 Å². The highest BCUT2D eigenvalue weighted by Crippen LogP contribution is 2.27. The summed E-state index contributed by atoms with van der Waals surface area (Å²) in [6.07, 6.45) is 2.89. The number of hydrogen-bond donors (Lipinski definition) is 0. The molecular formula is C12H16O. The van der Waals surface area contributed by atoms with E-state index in [2.05, 4.69) is 37.3 Å². The van der Waals surface area contributed by atoms with Crippen LogP contribution >= 0.6 is 0 Å². The van der Waals surface area contributed by atoms with Crippen molar-refractivity contribution in [2.45, 2.75) is 31.8 Å². The third-order valence-electron chi connectivity index (χ3n) is 2.85. The average molecular weight is 176 g/mol. The summed E-state index contributed by atoms with van der Waals surface area (Å²) in [6, 6.07) is 10.6. The zero-order chi connectivity index (χ0) is 9.10. The Morgan fingerprint density at radius 3 is 2.69 bits per heavy atom. The molecule has 0 bridgehead atoms. The molecule has 0 aromatic heterocycles. The highest BCUT2D eigenvalue weighted by atomic mass is 16.5. The second-order valence-corrected chi connectivity index (χ2v) is 3.75.